The highest BCUT2D eigenvalue weighted by molar-refractivity contribution is 9.39. The number of hydrogen-bond acceptors (Lipinski definition) is 1. The first-order valence-corrected chi connectivity index (χ1v) is 11.9. The van der Waals surface area contributed by atoms with Crippen molar-refractivity contribution in [2.45, 2.75) is 6.43 Å². The van der Waals surface area contributed by atoms with Gasteiger partial charge in [-0.25, -0.2) is 4.79 Å². The summed E-state index contributed by atoms with van der Waals surface area (Å²) in [5.74, 6) is -1.04. The number of rotatable bonds is 1. The fourth-order valence-corrected chi connectivity index (χ4v) is 5.07. The zero-order valence-electron chi connectivity index (χ0n) is 9.41. The molecule has 0 amide bonds. The third-order valence-corrected chi connectivity index (χ3v) is 5.97. The van der Waals surface area contributed by atoms with Crippen LogP contribution in [0.1, 0.15) is 27.0 Å². The van der Waals surface area contributed by atoms with Crippen molar-refractivity contribution in [1.29, 1.82) is 0 Å². The first-order chi connectivity index (χ1) is 9.17. The van der Waals surface area contributed by atoms with E-state index < -0.39 is 12.4 Å². The van der Waals surface area contributed by atoms with Crippen LogP contribution < -0.4 is 0 Å². The minimum absolute atomic E-state index is 0.138. The SMILES string of the molecule is O=C(O)c1ccc(C(Br)(Br)Br)c(C(Br)(Br)Br)c1C(Br)(Br)Br. The van der Waals surface area contributed by atoms with E-state index in [9.17, 15) is 9.90 Å². The summed E-state index contributed by atoms with van der Waals surface area (Å²) in [4.78, 5) is 11.6. The third-order valence-electron chi connectivity index (χ3n) is 2.31. The number of hydrogen-bond donors (Lipinski definition) is 1. The van der Waals surface area contributed by atoms with Crippen LogP contribution in [0.15, 0.2) is 12.1 Å². The minimum Gasteiger partial charge on any atom is -0.478 e. The summed E-state index contributed by atoms with van der Waals surface area (Å²) in [7, 11) is 0. The Morgan fingerprint density at radius 2 is 1.19 bits per heavy atom. The average molecular weight is 874 g/mol. The molecule has 0 heterocycles. The van der Waals surface area contributed by atoms with E-state index in [-0.39, 0.29) is 5.56 Å². The molecule has 0 atom stereocenters. The van der Waals surface area contributed by atoms with E-state index in [1.807, 2.05) is 0 Å². The van der Waals surface area contributed by atoms with Gasteiger partial charge in [-0.3, -0.25) is 0 Å². The molecule has 21 heavy (non-hydrogen) atoms. The lowest BCUT2D eigenvalue weighted by atomic mass is 9.98. The molecule has 0 aliphatic carbocycles. The molecule has 0 unspecified atom stereocenters. The summed E-state index contributed by atoms with van der Waals surface area (Å²) in [6, 6.07) is 3.24. The van der Waals surface area contributed by atoms with Crippen molar-refractivity contribution >= 4 is 149 Å². The van der Waals surface area contributed by atoms with Crippen molar-refractivity contribution in [2.75, 3.05) is 0 Å². The largest absolute Gasteiger partial charge is 0.478 e. The van der Waals surface area contributed by atoms with E-state index in [1.165, 1.54) is 6.07 Å². The number of aromatic carboxylic acids is 1. The van der Waals surface area contributed by atoms with Crippen LogP contribution in [0.5, 0.6) is 0 Å². The monoisotopic (exact) mass is 865 g/mol. The lowest BCUT2D eigenvalue weighted by molar-refractivity contribution is 0.0696. The van der Waals surface area contributed by atoms with Gasteiger partial charge in [0, 0.05) is 11.1 Å². The molecular formula is C10H3Br9O2. The summed E-state index contributed by atoms with van der Waals surface area (Å²) in [5, 5.41) is 9.47. The van der Waals surface area contributed by atoms with E-state index in [0.717, 1.165) is 5.56 Å². The van der Waals surface area contributed by atoms with E-state index >= 15 is 0 Å². The molecular weight excluding hydrogens is 871 g/mol. The number of carboxylic acids is 1. The maximum atomic E-state index is 11.6. The molecule has 118 valence electrons. The highest BCUT2D eigenvalue weighted by Gasteiger charge is 2.41. The van der Waals surface area contributed by atoms with Gasteiger partial charge in [-0.15, -0.1) is 0 Å². The van der Waals surface area contributed by atoms with Crippen LogP contribution in [-0.4, -0.2) is 11.1 Å². The molecule has 0 spiro atoms. The Balaban J connectivity index is 3.98. The van der Waals surface area contributed by atoms with Crippen LogP contribution in [-0.2, 0) is 6.43 Å². The zero-order valence-corrected chi connectivity index (χ0v) is 23.7. The molecule has 0 aromatic heterocycles. The molecule has 1 N–H and O–H groups in total. The second kappa shape index (κ2) is 7.72. The van der Waals surface area contributed by atoms with Crippen LogP contribution in [0.4, 0.5) is 0 Å². The molecule has 1 aromatic rings. The molecule has 0 aliphatic heterocycles. The molecule has 0 bridgehead atoms. The molecule has 0 aliphatic rings. The summed E-state index contributed by atoms with van der Waals surface area (Å²) < 4.78 is -2.50. The predicted octanol–water partition coefficient (Wildman–Crippen LogP) is 8.27. The molecule has 1 rings (SSSR count). The summed E-state index contributed by atoms with van der Waals surface area (Å²) in [6.07, 6.45) is 0. The molecule has 1 aromatic carbocycles. The molecule has 11 heteroatoms. The molecule has 0 radical (unpaired) electrons. The lowest BCUT2D eigenvalue weighted by Crippen LogP contribution is -2.20. The quantitative estimate of drug-likeness (QED) is 0.289. The van der Waals surface area contributed by atoms with E-state index in [2.05, 4.69) is 143 Å². The number of alkyl halides is 9. The number of benzene rings is 1. The first kappa shape index (κ1) is 22.1. The standard InChI is InChI=1S/C10H3Br9O2/c11-8(12,13)4-2-1-3(7(20)21)5(9(14,15)16)6(4)10(17,18)19/h1-2H,(H,20,21). The number of carbonyl (C=O) groups is 1. The van der Waals surface area contributed by atoms with Crippen LogP contribution in [0.25, 0.3) is 0 Å². The van der Waals surface area contributed by atoms with Crippen molar-refractivity contribution in [2.24, 2.45) is 0 Å². The molecule has 0 fully saturated rings. The van der Waals surface area contributed by atoms with Crippen molar-refractivity contribution < 1.29 is 9.90 Å². The first-order valence-electron chi connectivity index (χ1n) is 4.79. The van der Waals surface area contributed by atoms with Gasteiger partial charge < -0.3 is 5.11 Å². The highest BCUT2D eigenvalue weighted by Crippen LogP contribution is 2.59. The summed E-state index contributed by atoms with van der Waals surface area (Å²) >= 11 is 31.1. The van der Waals surface area contributed by atoms with Gasteiger partial charge in [-0.1, -0.05) is 149 Å². The van der Waals surface area contributed by atoms with Crippen molar-refractivity contribution in [3.05, 3.63) is 34.4 Å². The molecule has 0 saturated heterocycles. The maximum Gasteiger partial charge on any atom is 0.336 e. The van der Waals surface area contributed by atoms with Crippen molar-refractivity contribution in [3.8, 4) is 0 Å². The van der Waals surface area contributed by atoms with Crippen LogP contribution in [0.3, 0.4) is 0 Å². The summed E-state index contributed by atoms with van der Waals surface area (Å²) in [6.45, 7) is 0. The van der Waals surface area contributed by atoms with E-state index in [1.54, 1.807) is 6.07 Å². The topological polar surface area (TPSA) is 37.3 Å². The Labute approximate surface area is 197 Å². The molecule has 2 nitrogen and oxygen atoms in total. The zero-order chi connectivity index (χ0) is 16.8. The summed E-state index contributed by atoms with van der Waals surface area (Å²) in [5.41, 5.74) is 2.04. The van der Waals surface area contributed by atoms with Gasteiger partial charge in [-0.05, 0) is 11.6 Å². The number of halogens is 9. The second-order valence-electron chi connectivity index (χ2n) is 3.71. The van der Waals surface area contributed by atoms with Gasteiger partial charge in [0.2, 0.25) is 0 Å². The minimum atomic E-state index is -1.04. The Morgan fingerprint density at radius 3 is 1.48 bits per heavy atom. The van der Waals surface area contributed by atoms with Gasteiger partial charge in [0.15, 0.2) is 6.43 Å². The van der Waals surface area contributed by atoms with Crippen molar-refractivity contribution in [3.63, 3.8) is 0 Å². The highest BCUT2D eigenvalue weighted by atomic mass is 80.0. The van der Waals surface area contributed by atoms with E-state index in [4.69, 9.17) is 0 Å². The van der Waals surface area contributed by atoms with Crippen LogP contribution >= 0.6 is 143 Å². The average Bonchev–Trinajstić information content (AvgIpc) is 2.23. The lowest BCUT2D eigenvalue weighted by Gasteiger charge is -2.30. The Hall–Kier alpha value is 3.01. The fourth-order valence-electron chi connectivity index (χ4n) is 1.61. The van der Waals surface area contributed by atoms with Gasteiger partial charge in [-0.2, -0.15) is 0 Å². The van der Waals surface area contributed by atoms with Gasteiger partial charge in [0.25, 0.3) is 0 Å². The fraction of sp³-hybridized carbons (Fsp3) is 0.300. The second-order valence-corrected chi connectivity index (χ2v) is 24.0. The van der Waals surface area contributed by atoms with Crippen LogP contribution in [0.2, 0.25) is 0 Å². The maximum absolute atomic E-state index is 11.6. The Kier molecular flexibility index (Phi) is 8.10. The normalized spacial score (nSPS) is 13.4. The third kappa shape index (κ3) is 5.76. The Morgan fingerprint density at radius 1 is 0.762 bits per heavy atom. The van der Waals surface area contributed by atoms with Gasteiger partial charge in [0.05, 0.1) is 5.56 Å². The van der Waals surface area contributed by atoms with Crippen LogP contribution in [0, 0.1) is 0 Å². The number of carboxylic acid groups (broad SMARTS) is 1. The Bertz CT molecular complexity index is 566. The van der Waals surface area contributed by atoms with Gasteiger partial charge >= 0.3 is 5.97 Å². The van der Waals surface area contributed by atoms with E-state index in [0.29, 0.717) is 11.1 Å². The predicted molar refractivity (Wildman–Crippen MR) is 119 cm³/mol. The van der Waals surface area contributed by atoms with Gasteiger partial charge in [0.1, 0.15) is 0 Å². The smallest absolute Gasteiger partial charge is 0.336 e. The van der Waals surface area contributed by atoms with Crippen molar-refractivity contribution in [1.82, 2.24) is 0 Å². The molecule has 0 saturated carbocycles.